The van der Waals surface area contributed by atoms with E-state index in [4.69, 9.17) is 10.8 Å². The fraction of sp³-hybridized carbons (Fsp3) is 0.667. The van der Waals surface area contributed by atoms with Crippen LogP contribution < -0.4 is 16.4 Å². The zero-order valence-corrected chi connectivity index (χ0v) is 9.48. The molecule has 0 aliphatic heterocycles. The molecule has 0 saturated heterocycles. The molecule has 0 fully saturated rings. The van der Waals surface area contributed by atoms with Crippen molar-refractivity contribution in [2.45, 2.75) is 32.9 Å². The van der Waals surface area contributed by atoms with Gasteiger partial charge >= 0.3 is 6.09 Å². The van der Waals surface area contributed by atoms with Gasteiger partial charge in [-0.15, -0.1) is 0 Å². The van der Waals surface area contributed by atoms with Crippen molar-refractivity contribution >= 4 is 17.9 Å². The minimum Gasteiger partial charge on any atom is -0.465 e. The number of carbonyl (C=O) groups is 3. The van der Waals surface area contributed by atoms with E-state index in [0.29, 0.717) is 0 Å². The lowest BCUT2D eigenvalue weighted by atomic mass is 10.0. The summed E-state index contributed by atoms with van der Waals surface area (Å²) in [6, 6.07) is -1.73. The Balaban J connectivity index is 4.50. The summed E-state index contributed by atoms with van der Waals surface area (Å²) in [7, 11) is 0. The second-order valence-corrected chi connectivity index (χ2v) is 3.80. The molecule has 0 saturated carbocycles. The molecule has 7 nitrogen and oxygen atoms in total. The molecule has 0 aromatic heterocycles. The van der Waals surface area contributed by atoms with Crippen LogP contribution in [0, 0.1) is 5.92 Å². The van der Waals surface area contributed by atoms with Crippen molar-refractivity contribution in [2.24, 2.45) is 11.7 Å². The zero-order chi connectivity index (χ0) is 12.9. The van der Waals surface area contributed by atoms with E-state index in [0.717, 1.165) is 0 Å². The highest BCUT2D eigenvalue weighted by Gasteiger charge is 2.25. The van der Waals surface area contributed by atoms with Gasteiger partial charge in [0, 0.05) is 0 Å². The first kappa shape index (κ1) is 14.2. The second kappa shape index (κ2) is 5.94. The number of primary amides is 1. The molecule has 92 valence electrons. The highest BCUT2D eigenvalue weighted by Crippen LogP contribution is 2.02. The molecule has 2 atom stereocenters. The minimum atomic E-state index is -1.29. The minimum absolute atomic E-state index is 0.226. The van der Waals surface area contributed by atoms with Crippen molar-refractivity contribution in [3.05, 3.63) is 0 Å². The largest absolute Gasteiger partial charge is 0.465 e. The highest BCUT2D eigenvalue weighted by atomic mass is 16.4. The maximum absolute atomic E-state index is 11.6. The van der Waals surface area contributed by atoms with E-state index in [-0.39, 0.29) is 5.92 Å². The maximum atomic E-state index is 11.6. The number of amides is 3. The van der Waals surface area contributed by atoms with Gasteiger partial charge in [0.15, 0.2) is 0 Å². The fourth-order valence-corrected chi connectivity index (χ4v) is 1.04. The molecule has 0 aliphatic rings. The van der Waals surface area contributed by atoms with E-state index in [1.807, 2.05) is 0 Å². The van der Waals surface area contributed by atoms with Crippen LogP contribution in [0.2, 0.25) is 0 Å². The zero-order valence-electron chi connectivity index (χ0n) is 9.48. The van der Waals surface area contributed by atoms with Crippen LogP contribution in [0.3, 0.4) is 0 Å². The molecule has 0 spiro atoms. The summed E-state index contributed by atoms with van der Waals surface area (Å²) in [5.74, 6) is -1.47. The summed E-state index contributed by atoms with van der Waals surface area (Å²) in [5.41, 5.74) is 4.97. The average Bonchev–Trinajstić information content (AvgIpc) is 2.12. The van der Waals surface area contributed by atoms with Crippen LogP contribution in [0.4, 0.5) is 4.79 Å². The van der Waals surface area contributed by atoms with Gasteiger partial charge in [0.1, 0.15) is 12.1 Å². The van der Waals surface area contributed by atoms with Gasteiger partial charge in [0.25, 0.3) is 0 Å². The van der Waals surface area contributed by atoms with Crippen molar-refractivity contribution in [2.75, 3.05) is 0 Å². The van der Waals surface area contributed by atoms with E-state index < -0.39 is 30.0 Å². The van der Waals surface area contributed by atoms with Gasteiger partial charge < -0.3 is 21.5 Å². The molecule has 2 unspecified atom stereocenters. The second-order valence-electron chi connectivity index (χ2n) is 3.80. The maximum Gasteiger partial charge on any atom is 0.405 e. The number of hydrogen-bond donors (Lipinski definition) is 4. The van der Waals surface area contributed by atoms with E-state index in [2.05, 4.69) is 10.6 Å². The van der Waals surface area contributed by atoms with Gasteiger partial charge in [-0.05, 0) is 12.8 Å². The van der Waals surface area contributed by atoms with Crippen LogP contribution in [0.1, 0.15) is 20.8 Å². The summed E-state index contributed by atoms with van der Waals surface area (Å²) >= 11 is 0. The van der Waals surface area contributed by atoms with Crippen LogP contribution in [0.15, 0.2) is 0 Å². The molecule has 0 aliphatic carbocycles. The molecule has 0 heterocycles. The van der Waals surface area contributed by atoms with Crippen molar-refractivity contribution in [1.29, 1.82) is 0 Å². The Morgan fingerprint density at radius 1 is 1.12 bits per heavy atom. The molecule has 0 rings (SSSR count). The molecule has 0 radical (unpaired) electrons. The number of carboxylic acid groups (broad SMARTS) is 1. The third-order valence-corrected chi connectivity index (χ3v) is 2.01. The summed E-state index contributed by atoms with van der Waals surface area (Å²) in [5, 5.41) is 12.9. The highest BCUT2D eigenvalue weighted by molar-refractivity contribution is 5.90. The Hall–Kier alpha value is -1.79. The molecule has 3 amide bonds. The predicted molar refractivity (Wildman–Crippen MR) is 56.6 cm³/mol. The number of nitrogens with two attached hydrogens (primary N) is 1. The Morgan fingerprint density at radius 2 is 1.62 bits per heavy atom. The van der Waals surface area contributed by atoms with Gasteiger partial charge in [0.2, 0.25) is 11.8 Å². The third kappa shape index (κ3) is 4.63. The average molecular weight is 231 g/mol. The predicted octanol–water partition coefficient (Wildman–Crippen LogP) is -0.731. The lowest BCUT2D eigenvalue weighted by Gasteiger charge is -2.21. The molecular formula is C9H17N3O4. The normalized spacial score (nSPS) is 14.0. The van der Waals surface area contributed by atoms with Crippen molar-refractivity contribution in [3.63, 3.8) is 0 Å². The molecule has 0 bridgehead atoms. The molecule has 0 aromatic rings. The number of rotatable bonds is 5. The number of nitrogens with one attached hydrogen (secondary N) is 2. The lowest BCUT2D eigenvalue weighted by Crippen LogP contribution is -2.53. The first-order valence-electron chi connectivity index (χ1n) is 4.84. The molecule has 7 heteroatoms. The fourth-order valence-electron chi connectivity index (χ4n) is 1.04. The quantitative estimate of drug-likeness (QED) is 0.498. The molecule has 5 N–H and O–H groups in total. The van der Waals surface area contributed by atoms with Crippen molar-refractivity contribution < 1.29 is 19.5 Å². The van der Waals surface area contributed by atoms with Crippen LogP contribution in [0.25, 0.3) is 0 Å². The smallest absolute Gasteiger partial charge is 0.405 e. The van der Waals surface area contributed by atoms with Crippen molar-refractivity contribution in [1.82, 2.24) is 10.6 Å². The molecular weight excluding hydrogens is 214 g/mol. The topological polar surface area (TPSA) is 122 Å². The Labute approximate surface area is 93.4 Å². The number of carbonyl (C=O) groups excluding carboxylic acids is 2. The van der Waals surface area contributed by atoms with Crippen LogP contribution in [0.5, 0.6) is 0 Å². The van der Waals surface area contributed by atoms with Gasteiger partial charge in [-0.2, -0.15) is 0 Å². The van der Waals surface area contributed by atoms with Crippen LogP contribution in [-0.2, 0) is 9.59 Å². The monoisotopic (exact) mass is 231 g/mol. The lowest BCUT2D eigenvalue weighted by molar-refractivity contribution is -0.128. The Morgan fingerprint density at radius 3 is 1.94 bits per heavy atom. The van der Waals surface area contributed by atoms with Crippen LogP contribution >= 0.6 is 0 Å². The molecule has 0 aromatic carbocycles. The first-order valence-corrected chi connectivity index (χ1v) is 4.84. The summed E-state index contributed by atoms with van der Waals surface area (Å²) in [6.07, 6.45) is -1.29. The SMILES string of the molecule is CC(NC(=O)C(NC(=O)O)C(C)C)C(N)=O. The van der Waals surface area contributed by atoms with Crippen LogP contribution in [-0.4, -0.2) is 35.1 Å². The van der Waals surface area contributed by atoms with Gasteiger partial charge in [0.05, 0.1) is 0 Å². The van der Waals surface area contributed by atoms with Gasteiger partial charge in [-0.1, -0.05) is 13.8 Å². The Kier molecular flexibility index (Phi) is 5.27. The van der Waals surface area contributed by atoms with Gasteiger partial charge in [-0.25, -0.2) is 4.79 Å². The summed E-state index contributed by atoms with van der Waals surface area (Å²) in [6.45, 7) is 4.81. The van der Waals surface area contributed by atoms with Crippen molar-refractivity contribution in [3.8, 4) is 0 Å². The van der Waals surface area contributed by atoms with E-state index in [1.165, 1.54) is 6.92 Å². The van der Waals surface area contributed by atoms with E-state index in [1.54, 1.807) is 13.8 Å². The summed E-state index contributed by atoms with van der Waals surface area (Å²) < 4.78 is 0. The first-order chi connectivity index (χ1) is 7.25. The molecule has 16 heavy (non-hydrogen) atoms. The van der Waals surface area contributed by atoms with Gasteiger partial charge in [-0.3, -0.25) is 9.59 Å². The van der Waals surface area contributed by atoms with E-state index >= 15 is 0 Å². The van der Waals surface area contributed by atoms with E-state index in [9.17, 15) is 14.4 Å². The number of hydrogen-bond acceptors (Lipinski definition) is 3. The third-order valence-electron chi connectivity index (χ3n) is 2.01. The Bertz CT molecular complexity index is 290. The standard InChI is InChI=1S/C9H17N3O4/c1-4(2)6(12-9(15)16)8(14)11-5(3)7(10)13/h4-6,12H,1-3H3,(H2,10,13)(H,11,14)(H,15,16). The summed E-state index contributed by atoms with van der Waals surface area (Å²) in [4.78, 5) is 32.8.